The summed E-state index contributed by atoms with van der Waals surface area (Å²) in [5, 5.41) is 11.0. The van der Waals surface area contributed by atoms with E-state index in [0.717, 1.165) is 89.5 Å². The van der Waals surface area contributed by atoms with Crippen molar-refractivity contribution in [3.05, 3.63) is 82.9 Å². The van der Waals surface area contributed by atoms with E-state index in [9.17, 15) is 22.8 Å². The molecule has 0 bridgehead atoms. The smallest absolute Gasteiger partial charge is 0.415 e. The van der Waals surface area contributed by atoms with E-state index in [0.29, 0.717) is 74.6 Å². The van der Waals surface area contributed by atoms with Gasteiger partial charge in [0.05, 0.1) is 64.5 Å². The Balaban J connectivity index is 0.726. The molecule has 1 unspecified atom stereocenters. The molecule has 0 spiro atoms. The average Bonchev–Trinajstić information content (AvgIpc) is 3.62. The van der Waals surface area contributed by atoms with Crippen molar-refractivity contribution in [1.82, 2.24) is 34.9 Å². The molecule has 3 amide bonds. The number of amides is 3. The van der Waals surface area contributed by atoms with Crippen LogP contribution in [0.25, 0.3) is 10.9 Å². The SMILES string of the molecule is Cc1c(N2CCc3cnc(Nc4ccc(CS(=O)(=O)C5CCN(C6CN(c7cccc8c(C9CCC(=O)NC9=O)nn(C)c78)C6)CC5)cc4)nc3C2)cnc2c1N(C(=O)OC(C)(C)C)CCO2. The van der Waals surface area contributed by atoms with E-state index in [1.165, 1.54) is 0 Å². The number of sulfone groups is 1. The van der Waals surface area contributed by atoms with Gasteiger partial charge in [-0.1, -0.05) is 24.3 Å². The summed E-state index contributed by atoms with van der Waals surface area (Å²) in [5.74, 6) is -0.155. The molecule has 2 N–H and O–H groups in total. The summed E-state index contributed by atoms with van der Waals surface area (Å²) in [6.07, 6.45) is 5.90. The van der Waals surface area contributed by atoms with Crippen molar-refractivity contribution in [2.75, 3.05) is 65.9 Å². The normalized spacial score (nSPS) is 19.7. The number of piperidine rings is 2. The highest BCUT2D eigenvalue weighted by atomic mass is 32.2. The van der Waals surface area contributed by atoms with Gasteiger partial charge in [0.1, 0.15) is 17.9 Å². The quantitative estimate of drug-likeness (QED) is 0.181. The van der Waals surface area contributed by atoms with Crippen molar-refractivity contribution in [3.8, 4) is 5.88 Å². The molecule has 1 atom stereocenters. The van der Waals surface area contributed by atoms with Crippen LogP contribution < -0.4 is 30.1 Å². The number of benzene rings is 2. The summed E-state index contributed by atoms with van der Waals surface area (Å²) in [4.78, 5) is 60.3. The molecule has 67 heavy (non-hydrogen) atoms. The largest absolute Gasteiger partial charge is 0.474 e. The first-order valence-electron chi connectivity index (χ1n) is 23.2. The van der Waals surface area contributed by atoms with Gasteiger partial charge in [-0.2, -0.15) is 5.10 Å². The number of imide groups is 1. The average molecular weight is 932 g/mol. The number of nitrogens with one attached hydrogen (secondary N) is 2. The van der Waals surface area contributed by atoms with Crippen molar-refractivity contribution in [2.24, 2.45) is 7.05 Å². The van der Waals surface area contributed by atoms with E-state index in [2.05, 4.69) is 41.4 Å². The molecule has 3 saturated heterocycles. The number of rotatable bonds is 9. The second-order valence-electron chi connectivity index (χ2n) is 19.3. The third-order valence-electron chi connectivity index (χ3n) is 13.7. The van der Waals surface area contributed by atoms with E-state index in [1.54, 1.807) is 11.1 Å². The highest BCUT2D eigenvalue weighted by Crippen LogP contribution is 2.41. The van der Waals surface area contributed by atoms with Crippen LogP contribution in [0.4, 0.5) is 33.5 Å². The van der Waals surface area contributed by atoms with E-state index in [4.69, 9.17) is 19.6 Å². The number of hydrogen-bond acceptors (Lipinski definition) is 15. The zero-order chi connectivity index (χ0) is 46.8. The number of ether oxygens (including phenoxy) is 2. The number of aromatic nitrogens is 5. The van der Waals surface area contributed by atoms with Crippen LogP contribution in [0.1, 0.15) is 80.5 Å². The molecule has 3 fully saturated rings. The number of fused-ring (bicyclic) bond motifs is 3. The van der Waals surface area contributed by atoms with Gasteiger partial charge in [0, 0.05) is 62.0 Å². The van der Waals surface area contributed by atoms with Crippen LogP contribution in [0.2, 0.25) is 0 Å². The molecule has 352 valence electrons. The maximum atomic E-state index is 13.7. The first-order chi connectivity index (χ1) is 32.1. The monoisotopic (exact) mass is 931 g/mol. The maximum Gasteiger partial charge on any atom is 0.415 e. The Hall–Kier alpha value is -6.34. The molecule has 5 aromatic rings. The fourth-order valence-corrected chi connectivity index (χ4v) is 12.0. The Morgan fingerprint density at radius 3 is 2.46 bits per heavy atom. The lowest BCUT2D eigenvalue weighted by Gasteiger charge is -2.48. The van der Waals surface area contributed by atoms with E-state index in [-0.39, 0.29) is 17.6 Å². The standard InChI is InChI=1S/C48H57N11O7S/c1-29-39(24-49-45-42(29)59(21-22-65-45)47(62)66-48(2,3)4)57-18-15-31-23-50-46(52-37(31)27-57)51-32-11-9-30(10-12-32)28-67(63,64)34-16-19-56(20-17-34)33-25-58(26-33)38-8-6-7-35-41(54-55(5)43(35)38)36-13-14-40(60)53-44(36)61/h6-12,23-24,33-34,36H,13-22,25-28H2,1-5H3,(H,50,51,52)(H,53,60,61). The Morgan fingerprint density at radius 1 is 0.940 bits per heavy atom. The molecule has 5 aliphatic heterocycles. The van der Waals surface area contributed by atoms with Crippen LogP contribution in [0.15, 0.2) is 54.9 Å². The molecule has 3 aromatic heterocycles. The van der Waals surface area contributed by atoms with Gasteiger partial charge in [0.15, 0.2) is 9.84 Å². The Kier molecular flexibility index (Phi) is 11.5. The van der Waals surface area contributed by atoms with Gasteiger partial charge in [-0.3, -0.25) is 29.4 Å². The number of aryl methyl sites for hydroxylation is 1. The zero-order valence-electron chi connectivity index (χ0n) is 38.6. The van der Waals surface area contributed by atoms with Crippen molar-refractivity contribution in [1.29, 1.82) is 0 Å². The zero-order valence-corrected chi connectivity index (χ0v) is 39.4. The summed E-state index contributed by atoms with van der Waals surface area (Å²) in [6, 6.07) is 13.8. The third kappa shape index (κ3) is 8.86. The highest BCUT2D eigenvalue weighted by Gasteiger charge is 2.39. The van der Waals surface area contributed by atoms with Crippen molar-refractivity contribution in [3.63, 3.8) is 0 Å². The summed E-state index contributed by atoms with van der Waals surface area (Å²) in [5.41, 5.74) is 7.91. The van der Waals surface area contributed by atoms with Gasteiger partial charge < -0.3 is 24.6 Å². The predicted octanol–water partition coefficient (Wildman–Crippen LogP) is 5.30. The number of carbonyl (C=O) groups excluding carboxylic acids is 3. The summed E-state index contributed by atoms with van der Waals surface area (Å²) >= 11 is 0. The number of carbonyl (C=O) groups is 3. The number of anilines is 5. The molecular formula is C48H57N11O7S. The lowest BCUT2D eigenvalue weighted by molar-refractivity contribution is -0.134. The fraction of sp³-hybridized carbons (Fsp3) is 0.479. The first kappa shape index (κ1) is 44.5. The Labute approximate surface area is 389 Å². The van der Waals surface area contributed by atoms with E-state index in [1.807, 2.05) is 82.0 Å². The van der Waals surface area contributed by atoms with Crippen LogP contribution in [-0.2, 0) is 49.9 Å². The van der Waals surface area contributed by atoms with Crippen molar-refractivity contribution >= 4 is 67.3 Å². The number of para-hydroxylation sites is 1. The molecular weight excluding hydrogens is 875 g/mol. The minimum atomic E-state index is -3.39. The van der Waals surface area contributed by atoms with Crippen LogP contribution in [0.3, 0.4) is 0 Å². The maximum absolute atomic E-state index is 13.7. The molecule has 0 aliphatic carbocycles. The minimum Gasteiger partial charge on any atom is -0.474 e. The van der Waals surface area contributed by atoms with Crippen LogP contribution in [0, 0.1) is 6.92 Å². The van der Waals surface area contributed by atoms with Crippen molar-refractivity contribution < 1.29 is 32.3 Å². The number of pyridine rings is 1. The van der Waals surface area contributed by atoms with Crippen LogP contribution in [-0.4, -0.2) is 119 Å². The highest BCUT2D eigenvalue weighted by molar-refractivity contribution is 7.91. The summed E-state index contributed by atoms with van der Waals surface area (Å²) < 4.78 is 40.9. The molecule has 10 rings (SSSR count). The summed E-state index contributed by atoms with van der Waals surface area (Å²) in [7, 11) is -1.49. The predicted molar refractivity (Wildman–Crippen MR) is 254 cm³/mol. The lowest BCUT2D eigenvalue weighted by atomic mass is 9.92. The Bertz CT molecular complexity index is 2870. The van der Waals surface area contributed by atoms with E-state index >= 15 is 0 Å². The topological polar surface area (TPSA) is 197 Å². The molecule has 2 aromatic carbocycles. The number of nitrogens with zero attached hydrogens (tertiary/aromatic N) is 9. The number of likely N-dealkylation sites (tertiary alicyclic amines) is 1. The second kappa shape index (κ2) is 17.4. The third-order valence-corrected chi connectivity index (χ3v) is 15.9. The van der Waals surface area contributed by atoms with Gasteiger partial charge in [-0.15, -0.1) is 0 Å². The van der Waals surface area contributed by atoms with Crippen molar-refractivity contribution in [2.45, 2.75) is 94.9 Å². The molecule has 18 nitrogen and oxygen atoms in total. The van der Waals surface area contributed by atoms with E-state index < -0.39 is 32.7 Å². The van der Waals surface area contributed by atoms with Crippen LogP contribution in [0.5, 0.6) is 5.88 Å². The summed E-state index contributed by atoms with van der Waals surface area (Å²) in [6.45, 7) is 12.6. The minimum absolute atomic E-state index is 0.0194. The van der Waals surface area contributed by atoms with Gasteiger partial charge in [0.25, 0.3) is 0 Å². The van der Waals surface area contributed by atoms with Gasteiger partial charge in [0.2, 0.25) is 23.6 Å². The molecule has 19 heteroatoms. The molecule has 5 aliphatic rings. The van der Waals surface area contributed by atoms with Gasteiger partial charge in [-0.25, -0.2) is 28.2 Å². The first-order valence-corrected chi connectivity index (χ1v) is 24.9. The van der Waals surface area contributed by atoms with Crippen LogP contribution >= 0.6 is 0 Å². The Morgan fingerprint density at radius 2 is 1.72 bits per heavy atom. The number of hydrogen-bond donors (Lipinski definition) is 2. The lowest BCUT2D eigenvalue weighted by Crippen LogP contribution is -2.61. The van der Waals surface area contributed by atoms with Gasteiger partial charge in [-0.05, 0) is 95.8 Å². The second-order valence-corrected chi connectivity index (χ2v) is 21.6. The molecule has 0 radical (unpaired) electrons. The molecule has 0 saturated carbocycles. The molecule has 8 heterocycles. The fourth-order valence-electron chi connectivity index (χ4n) is 10.2. The van der Waals surface area contributed by atoms with Gasteiger partial charge >= 0.3 is 6.09 Å².